The van der Waals surface area contributed by atoms with E-state index in [2.05, 4.69) is 60.5 Å². The molecule has 0 aliphatic carbocycles. The van der Waals surface area contributed by atoms with Crippen molar-refractivity contribution in [2.24, 2.45) is 0 Å². The lowest BCUT2D eigenvalue weighted by Crippen LogP contribution is -2.22. The van der Waals surface area contributed by atoms with Crippen molar-refractivity contribution < 1.29 is 0 Å². The fraction of sp³-hybridized carbons (Fsp3) is 0.278. The summed E-state index contributed by atoms with van der Waals surface area (Å²) < 4.78 is 0. The van der Waals surface area contributed by atoms with Crippen molar-refractivity contribution in [3.63, 3.8) is 0 Å². The number of nitrogens with one attached hydrogen (secondary N) is 1. The number of likely N-dealkylation sites (N-methyl/N-ethyl adjacent to an activating group) is 1. The Morgan fingerprint density at radius 3 is 2.76 bits per heavy atom. The molecule has 3 aromatic rings. The zero-order valence-electron chi connectivity index (χ0n) is 12.5. The summed E-state index contributed by atoms with van der Waals surface area (Å²) in [5.41, 5.74) is 2.44. The van der Waals surface area contributed by atoms with Crippen LogP contribution in [0.4, 0.5) is 0 Å². The highest BCUT2D eigenvalue weighted by Gasteiger charge is 2.14. The molecule has 2 aromatic heterocycles. The molecule has 0 saturated carbocycles. The molecule has 0 aliphatic rings. The third-order valence-corrected chi connectivity index (χ3v) is 4.83. The first kappa shape index (κ1) is 14.2. The van der Waals surface area contributed by atoms with Gasteiger partial charge >= 0.3 is 0 Å². The maximum absolute atomic E-state index is 4.45. The summed E-state index contributed by atoms with van der Waals surface area (Å²) >= 11 is 1.88. The van der Waals surface area contributed by atoms with Gasteiger partial charge in [-0.3, -0.25) is 4.98 Å². The average Bonchev–Trinajstić information content (AvgIpc) is 2.94. The maximum atomic E-state index is 4.45. The second kappa shape index (κ2) is 6.37. The minimum Gasteiger partial charge on any atom is -0.309 e. The zero-order chi connectivity index (χ0) is 14.7. The van der Waals surface area contributed by atoms with E-state index >= 15 is 0 Å². The second-order valence-electron chi connectivity index (χ2n) is 5.25. The van der Waals surface area contributed by atoms with Gasteiger partial charge in [0.25, 0.3) is 0 Å². The molecule has 1 N–H and O–H groups in total. The van der Waals surface area contributed by atoms with Crippen LogP contribution in [0.3, 0.4) is 0 Å². The van der Waals surface area contributed by atoms with Crippen LogP contribution in [-0.2, 0) is 6.42 Å². The van der Waals surface area contributed by atoms with Crippen molar-refractivity contribution in [1.82, 2.24) is 10.3 Å². The summed E-state index contributed by atoms with van der Waals surface area (Å²) in [6.45, 7) is 5.31. The number of nitrogens with zero attached hydrogens (tertiary/aromatic N) is 1. The minimum atomic E-state index is 0.375. The first-order valence-electron chi connectivity index (χ1n) is 7.40. The summed E-state index contributed by atoms with van der Waals surface area (Å²) in [7, 11) is 0. The minimum absolute atomic E-state index is 0.375. The molecule has 0 aliphatic heterocycles. The Hall–Kier alpha value is -1.71. The molecular weight excluding hydrogens is 276 g/mol. The molecule has 3 heteroatoms. The Kier molecular flexibility index (Phi) is 4.32. The molecular formula is C18H20N2S. The number of aryl methyl sites for hydroxylation is 1. The Balaban J connectivity index is 1.94. The van der Waals surface area contributed by atoms with Crippen molar-refractivity contribution in [1.29, 1.82) is 0 Å². The second-order valence-corrected chi connectivity index (χ2v) is 6.57. The summed E-state index contributed by atoms with van der Waals surface area (Å²) in [5.74, 6) is 0. The van der Waals surface area contributed by atoms with E-state index in [-0.39, 0.29) is 0 Å². The van der Waals surface area contributed by atoms with Gasteiger partial charge in [0.2, 0.25) is 0 Å². The van der Waals surface area contributed by atoms with E-state index in [1.165, 1.54) is 20.7 Å². The van der Waals surface area contributed by atoms with E-state index in [9.17, 15) is 0 Å². The molecule has 0 amide bonds. The van der Waals surface area contributed by atoms with E-state index in [1.54, 1.807) is 0 Å². The zero-order valence-corrected chi connectivity index (χ0v) is 13.3. The topological polar surface area (TPSA) is 24.9 Å². The SMILES string of the molecule is CCNC(Cc1ccnc2ccccc12)c1ccc(C)s1. The van der Waals surface area contributed by atoms with Crippen LogP contribution in [0.15, 0.2) is 48.7 Å². The fourth-order valence-electron chi connectivity index (χ4n) is 2.71. The van der Waals surface area contributed by atoms with Gasteiger partial charge in [0.15, 0.2) is 0 Å². The van der Waals surface area contributed by atoms with Gasteiger partial charge in [0, 0.05) is 27.4 Å². The predicted octanol–water partition coefficient (Wildman–Crippen LogP) is 4.50. The Labute approximate surface area is 129 Å². The van der Waals surface area contributed by atoms with Crippen molar-refractivity contribution in [2.45, 2.75) is 26.3 Å². The van der Waals surface area contributed by atoms with Crippen LogP contribution in [-0.4, -0.2) is 11.5 Å². The predicted molar refractivity (Wildman–Crippen MR) is 90.9 cm³/mol. The molecule has 1 unspecified atom stereocenters. The summed E-state index contributed by atoms with van der Waals surface area (Å²) in [6, 6.07) is 15.4. The Bertz CT molecular complexity index is 727. The van der Waals surface area contributed by atoms with Gasteiger partial charge in [-0.1, -0.05) is 25.1 Å². The number of rotatable bonds is 5. The fourth-order valence-corrected chi connectivity index (χ4v) is 3.67. The van der Waals surface area contributed by atoms with Gasteiger partial charge in [-0.15, -0.1) is 11.3 Å². The van der Waals surface area contributed by atoms with Gasteiger partial charge in [0.1, 0.15) is 0 Å². The summed E-state index contributed by atoms with van der Waals surface area (Å²) in [5, 5.41) is 4.88. The molecule has 0 spiro atoms. The normalized spacial score (nSPS) is 12.7. The highest BCUT2D eigenvalue weighted by molar-refractivity contribution is 7.12. The quantitative estimate of drug-likeness (QED) is 0.750. The van der Waals surface area contributed by atoms with Gasteiger partial charge in [-0.2, -0.15) is 0 Å². The molecule has 2 nitrogen and oxygen atoms in total. The van der Waals surface area contributed by atoms with Crippen LogP contribution in [0.25, 0.3) is 10.9 Å². The van der Waals surface area contributed by atoms with Crippen molar-refractivity contribution >= 4 is 22.2 Å². The van der Waals surface area contributed by atoms with Gasteiger partial charge in [0.05, 0.1) is 5.52 Å². The van der Waals surface area contributed by atoms with E-state index in [4.69, 9.17) is 0 Å². The van der Waals surface area contributed by atoms with Gasteiger partial charge in [-0.05, 0) is 49.7 Å². The molecule has 0 saturated heterocycles. The van der Waals surface area contributed by atoms with Crippen LogP contribution < -0.4 is 5.32 Å². The van der Waals surface area contributed by atoms with Crippen LogP contribution in [0.5, 0.6) is 0 Å². The first-order chi connectivity index (χ1) is 10.3. The standard InChI is InChI=1S/C18H20N2S/c1-3-19-17(18-9-8-13(2)21-18)12-14-10-11-20-16-7-5-4-6-15(14)16/h4-11,17,19H,3,12H2,1-2H3. The number of fused-ring (bicyclic) bond motifs is 1. The van der Waals surface area contributed by atoms with Crippen LogP contribution in [0, 0.1) is 6.92 Å². The number of pyridine rings is 1. The third-order valence-electron chi connectivity index (χ3n) is 3.72. The van der Waals surface area contributed by atoms with Crippen molar-refractivity contribution in [2.75, 3.05) is 6.54 Å². The lowest BCUT2D eigenvalue weighted by atomic mass is 10.0. The molecule has 1 atom stereocenters. The Morgan fingerprint density at radius 1 is 1.14 bits per heavy atom. The monoisotopic (exact) mass is 296 g/mol. The average molecular weight is 296 g/mol. The van der Waals surface area contributed by atoms with Gasteiger partial charge < -0.3 is 5.32 Å². The third kappa shape index (κ3) is 3.14. The molecule has 0 fully saturated rings. The van der Waals surface area contributed by atoms with Crippen LogP contribution in [0.2, 0.25) is 0 Å². The van der Waals surface area contributed by atoms with Crippen molar-refractivity contribution in [3.8, 4) is 0 Å². The number of hydrogen-bond donors (Lipinski definition) is 1. The molecule has 0 radical (unpaired) electrons. The molecule has 2 heterocycles. The van der Waals surface area contributed by atoms with Crippen LogP contribution >= 0.6 is 11.3 Å². The highest BCUT2D eigenvalue weighted by Crippen LogP contribution is 2.28. The lowest BCUT2D eigenvalue weighted by molar-refractivity contribution is 0.559. The molecule has 0 bridgehead atoms. The largest absolute Gasteiger partial charge is 0.309 e. The lowest BCUT2D eigenvalue weighted by Gasteiger charge is -2.17. The number of hydrogen-bond acceptors (Lipinski definition) is 3. The number of thiophene rings is 1. The number of aromatic nitrogens is 1. The van der Waals surface area contributed by atoms with E-state index in [0.717, 1.165) is 18.5 Å². The molecule has 1 aromatic carbocycles. The molecule has 108 valence electrons. The Morgan fingerprint density at radius 2 is 2.00 bits per heavy atom. The van der Waals surface area contributed by atoms with E-state index in [1.807, 2.05) is 23.6 Å². The summed E-state index contributed by atoms with van der Waals surface area (Å²) in [6.07, 6.45) is 2.91. The van der Waals surface area contributed by atoms with Crippen molar-refractivity contribution in [3.05, 3.63) is 64.0 Å². The molecule has 3 rings (SSSR count). The van der Waals surface area contributed by atoms with E-state index in [0.29, 0.717) is 6.04 Å². The molecule has 21 heavy (non-hydrogen) atoms. The van der Waals surface area contributed by atoms with Crippen LogP contribution in [0.1, 0.15) is 28.3 Å². The maximum Gasteiger partial charge on any atom is 0.0704 e. The number of benzene rings is 1. The van der Waals surface area contributed by atoms with Gasteiger partial charge in [-0.25, -0.2) is 0 Å². The number of para-hydroxylation sites is 1. The highest BCUT2D eigenvalue weighted by atomic mass is 32.1. The first-order valence-corrected chi connectivity index (χ1v) is 8.22. The smallest absolute Gasteiger partial charge is 0.0704 e. The summed E-state index contributed by atoms with van der Waals surface area (Å²) in [4.78, 5) is 7.23. The van der Waals surface area contributed by atoms with E-state index < -0.39 is 0 Å².